The van der Waals surface area contributed by atoms with Crippen LogP contribution in [-0.2, 0) is 14.3 Å². The lowest BCUT2D eigenvalue weighted by Crippen LogP contribution is -2.42. The largest absolute Gasteiger partial charge is 0.489 e. The van der Waals surface area contributed by atoms with Gasteiger partial charge in [-0.1, -0.05) is 12.1 Å². The number of hydrogen-bond donors (Lipinski definition) is 1. The van der Waals surface area contributed by atoms with Crippen LogP contribution in [0.15, 0.2) is 24.3 Å². The van der Waals surface area contributed by atoms with Crippen LogP contribution in [0.1, 0.15) is 20.3 Å². The first kappa shape index (κ1) is 16.8. The molecule has 0 radical (unpaired) electrons. The summed E-state index contributed by atoms with van der Waals surface area (Å²) < 4.78 is 11.0. The predicted octanol–water partition coefficient (Wildman–Crippen LogP) is 1.91. The van der Waals surface area contributed by atoms with E-state index in [2.05, 4.69) is 5.32 Å². The molecule has 2 fully saturated rings. The van der Waals surface area contributed by atoms with E-state index in [0.29, 0.717) is 44.2 Å². The van der Waals surface area contributed by atoms with E-state index in [-0.39, 0.29) is 29.8 Å². The SMILES string of the molecule is CC(C)Oc1ccccc1NC(=O)C1CC1C(=O)N1CCOCC1. The fourth-order valence-corrected chi connectivity index (χ4v) is 2.93. The molecule has 2 aliphatic rings. The van der Waals surface area contributed by atoms with Crippen molar-refractivity contribution < 1.29 is 19.1 Å². The Morgan fingerprint density at radius 2 is 1.92 bits per heavy atom. The molecule has 3 rings (SSSR count). The monoisotopic (exact) mass is 332 g/mol. The van der Waals surface area contributed by atoms with Crippen molar-refractivity contribution in [2.75, 3.05) is 31.6 Å². The van der Waals surface area contributed by atoms with Gasteiger partial charge in [0, 0.05) is 13.1 Å². The second-order valence-corrected chi connectivity index (χ2v) is 6.54. The number of benzene rings is 1. The number of carbonyl (C=O) groups is 2. The lowest BCUT2D eigenvalue weighted by molar-refractivity contribution is -0.137. The van der Waals surface area contributed by atoms with Crippen LogP contribution >= 0.6 is 0 Å². The van der Waals surface area contributed by atoms with Gasteiger partial charge < -0.3 is 19.7 Å². The maximum atomic E-state index is 12.4. The summed E-state index contributed by atoms with van der Waals surface area (Å²) in [5.74, 6) is 0.179. The Bertz CT molecular complexity index is 611. The number of hydrogen-bond acceptors (Lipinski definition) is 4. The van der Waals surface area contributed by atoms with Gasteiger partial charge in [0.15, 0.2) is 0 Å². The van der Waals surface area contributed by atoms with Gasteiger partial charge in [0.2, 0.25) is 11.8 Å². The highest BCUT2D eigenvalue weighted by atomic mass is 16.5. The van der Waals surface area contributed by atoms with Crippen molar-refractivity contribution in [1.82, 2.24) is 4.90 Å². The second kappa shape index (κ2) is 7.21. The zero-order valence-corrected chi connectivity index (χ0v) is 14.2. The third-order valence-corrected chi connectivity index (χ3v) is 4.27. The maximum absolute atomic E-state index is 12.4. The molecule has 1 aromatic carbocycles. The summed E-state index contributed by atoms with van der Waals surface area (Å²) in [6, 6.07) is 7.37. The molecule has 24 heavy (non-hydrogen) atoms. The van der Waals surface area contributed by atoms with Gasteiger partial charge in [0.05, 0.1) is 36.8 Å². The average Bonchev–Trinajstić information content (AvgIpc) is 3.37. The van der Waals surface area contributed by atoms with Gasteiger partial charge in [0.1, 0.15) is 5.75 Å². The van der Waals surface area contributed by atoms with Crippen molar-refractivity contribution in [2.24, 2.45) is 11.8 Å². The van der Waals surface area contributed by atoms with Crippen LogP contribution in [0.2, 0.25) is 0 Å². The van der Waals surface area contributed by atoms with Crippen LogP contribution in [0, 0.1) is 11.8 Å². The van der Waals surface area contributed by atoms with Crippen molar-refractivity contribution in [3.63, 3.8) is 0 Å². The predicted molar refractivity (Wildman–Crippen MR) is 89.8 cm³/mol. The Hall–Kier alpha value is -2.08. The van der Waals surface area contributed by atoms with Gasteiger partial charge in [-0.05, 0) is 32.4 Å². The van der Waals surface area contributed by atoms with Gasteiger partial charge in [-0.25, -0.2) is 0 Å². The first-order valence-corrected chi connectivity index (χ1v) is 8.49. The highest BCUT2D eigenvalue weighted by Crippen LogP contribution is 2.41. The van der Waals surface area contributed by atoms with Gasteiger partial charge in [-0.15, -0.1) is 0 Å². The Kier molecular flexibility index (Phi) is 5.04. The molecule has 2 atom stereocenters. The third kappa shape index (κ3) is 3.87. The molecule has 1 N–H and O–H groups in total. The molecular weight excluding hydrogens is 308 g/mol. The first-order chi connectivity index (χ1) is 11.6. The number of para-hydroxylation sites is 2. The Morgan fingerprint density at radius 3 is 2.62 bits per heavy atom. The number of anilines is 1. The zero-order chi connectivity index (χ0) is 17.1. The van der Waals surface area contributed by atoms with Crippen LogP contribution in [0.4, 0.5) is 5.69 Å². The van der Waals surface area contributed by atoms with Gasteiger partial charge in [-0.3, -0.25) is 9.59 Å². The zero-order valence-electron chi connectivity index (χ0n) is 14.2. The highest BCUT2D eigenvalue weighted by Gasteiger charge is 2.49. The van der Waals surface area contributed by atoms with Crippen LogP contribution in [0.5, 0.6) is 5.75 Å². The molecule has 1 aliphatic heterocycles. The molecule has 0 aromatic heterocycles. The molecule has 1 saturated heterocycles. The molecule has 1 aromatic rings. The van der Waals surface area contributed by atoms with Crippen LogP contribution < -0.4 is 10.1 Å². The van der Waals surface area contributed by atoms with Crippen LogP contribution in [-0.4, -0.2) is 49.1 Å². The Balaban J connectivity index is 1.58. The van der Waals surface area contributed by atoms with Crippen LogP contribution in [0.25, 0.3) is 0 Å². The minimum atomic E-state index is -0.243. The summed E-state index contributed by atoms with van der Waals surface area (Å²) in [4.78, 5) is 26.7. The highest BCUT2D eigenvalue weighted by molar-refractivity contribution is 6.00. The van der Waals surface area contributed by atoms with Gasteiger partial charge in [-0.2, -0.15) is 0 Å². The minimum Gasteiger partial charge on any atom is -0.489 e. The van der Waals surface area contributed by atoms with Crippen molar-refractivity contribution in [3.05, 3.63) is 24.3 Å². The number of morpholine rings is 1. The third-order valence-electron chi connectivity index (χ3n) is 4.27. The lowest BCUT2D eigenvalue weighted by atomic mass is 10.2. The number of nitrogens with one attached hydrogen (secondary N) is 1. The minimum absolute atomic E-state index is 0.0274. The standard InChI is InChI=1S/C18H24N2O4/c1-12(2)24-16-6-4-3-5-15(16)19-17(21)13-11-14(13)18(22)20-7-9-23-10-8-20/h3-6,12-14H,7-11H2,1-2H3,(H,19,21). The number of rotatable bonds is 5. The van der Waals surface area contributed by atoms with E-state index in [0.717, 1.165) is 0 Å². The van der Waals surface area contributed by atoms with Crippen molar-refractivity contribution in [2.45, 2.75) is 26.4 Å². The Morgan fingerprint density at radius 1 is 1.21 bits per heavy atom. The second-order valence-electron chi connectivity index (χ2n) is 6.54. The van der Waals surface area contributed by atoms with E-state index in [1.165, 1.54) is 0 Å². The summed E-state index contributed by atoms with van der Waals surface area (Å²) in [7, 11) is 0. The van der Waals surface area contributed by atoms with E-state index in [9.17, 15) is 9.59 Å². The number of carbonyl (C=O) groups excluding carboxylic acids is 2. The van der Waals surface area contributed by atoms with Gasteiger partial charge >= 0.3 is 0 Å². The van der Waals surface area contributed by atoms with Gasteiger partial charge in [0.25, 0.3) is 0 Å². The molecule has 130 valence electrons. The summed E-state index contributed by atoms with van der Waals surface area (Å²) >= 11 is 0. The van der Waals surface area contributed by atoms with Crippen molar-refractivity contribution in [1.29, 1.82) is 0 Å². The first-order valence-electron chi connectivity index (χ1n) is 8.49. The van der Waals surface area contributed by atoms with E-state index in [1.807, 2.05) is 38.1 Å². The summed E-state index contributed by atoms with van der Waals surface area (Å²) in [5.41, 5.74) is 0.653. The Labute approximate surface area is 142 Å². The molecule has 2 amide bonds. The van der Waals surface area contributed by atoms with E-state index in [1.54, 1.807) is 4.90 Å². The molecule has 2 unspecified atom stereocenters. The molecule has 1 heterocycles. The molecule has 0 spiro atoms. The van der Waals surface area contributed by atoms with Crippen molar-refractivity contribution in [3.8, 4) is 5.75 Å². The fraction of sp³-hybridized carbons (Fsp3) is 0.556. The summed E-state index contributed by atoms with van der Waals surface area (Å²) in [5, 5.41) is 2.91. The van der Waals surface area contributed by atoms with E-state index < -0.39 is 0 Å². The van der Waals surface area contributed by atoms with Crippen molar-refractivity contribution >= 4 is 17.5 Å². The molecule has 6 nitrogen and oxygen atoms in total. The summed E-state index contributed by atoms with van der Waals surface area (Å²) in [6.45, 7) is 6.28. The molecular formula is C18H24N2O4. The maximum Gasteiger partial charge on any atom is 0.228 e. The molecule has 1 saturated carbocycles. The topological polar surface area (TPSA) is 67.9 Å². The van der Waals surface area contributed by atoms with E-state index >= 15 is 0 Å². The summed E-state index contributed by atoms with van der Waals surface area (Å²) in [6.07, 6.45) is 0.648. The normalized spacial score (nSPS) is 23.0. The molecule has 0 bridgehead atoms. The fourth-order valence-electron chi connectivity index (χ4n) is 2.93. The quantitative estimate of drug-likeness (QED) is 0.894. The lowest BCUT2D eigenvalue weighted by Gasteiger charge is -2.27. The number of ether oxygens (including phenoxy) is 2. The molecule has 1 aliphatic carbocycles. The smallest absolute Gasteiger partial charge is 0.228 e. The average molecular weight is 332 g/mol. The molecule has 6 heteroatoms. The van der Waals surface area contributed by atoms with E-state index in [4.69, 9.17) is 9.47 Å². The number of amides is 2. The number of nitrogens with zero attached hydrogens (tertiary/aromatic N) is 1. The van der Waals surface area contributed by atoms with Crippen LogP contribution in [0.3, 0.4) is 0 Å².